The van der Waals surface area contributed by atoms with Gasteiger partial charge in [-0.25, -0.2) is 8.42 Å². The maximum atomic E-state index is 12.0. The molecular weight excluding hydrogens is 334 g/mol. The molecule has 0 bridgehead atoms. The van der Waals surface area contributed by atoms with Crippen LogP contribution in [0.4, 0.5) is 0 Å². The van der Waals surface area contributed by atoms with Gasteiger partial charge in [0.15, 0.2) is 9.84 Å². The molecule has 0 aromatic carbocycles. The molecule has 0 aromatic heterocycles. The number of amides is 1. The van der Waals surface area contributed by atoms with Gasteiger partial charge in [-0.1, -0.05) is 6.42 Å². The van der Waals surface area contributed by atoms with E-state index in [1.54, 1.807) is 11.9 Å². The van der Waals surface area contributed by atoms with Crippen LogP contribution in [0.25, 0.3) is 0 Å². The van der Waals surface area contributed by atoms with Gasteiger partial charge in [-0.05, 0) is 19.3 Å². The molecular formula is C15H23N3O5S. The summed E-state index contributed by atoms with van der Waals surface area (Å²) in [5.74, 6) is -1.20. The minimum Gasteiger partial charge on any atom is -0.481 e. The number of carboxylic acids is 1. The molecule has 1 rings (SSSR count). The van der Waals surface area contributed by atoms with E-state index in [2.05, 4.69) is 5.32 Å². The molecule has 0 saturated carbocycles. The second-order valence-electron chi connectivity index (χ2n) is 5.84. The number of hydrogen-bond acceptors (Lipinski definition) is 6. The highest BCUT2D eigenvalue weighted by atomic mass is 32.2. The molecule has 8 nitrogen and oxygen atoms in total. The molecule has 0 spiro atoms. The fourth-order valence-corrected chi connectivity index (χ4v) is 4.20. The molecule has 0 aliphatic carbocycles. The van der Waals surface area contributed by atoms with Gasteiger partial charge in [-0.3, -0.25) is 9.59 Å². The van der Waals surface area contributed by atoms with Gasteiger partial charge in [0.25, 0.3) is 5.91 Å². The Bertz CT molecular complexity index is 636. The van der Waals surface area contributed by atoms with E-state index in [1.807, 2.05) is 6.07 Å². The maximum absolute atomic E-state index is 12.0. The molecule has 1 aliphatic heterocycles. The highest BCUT2D eigenvalue weighted by Crippen LogP contribution is 2.17. The van der Waals surface area contributed by atoms with Crippen molar-refractivity contribution in [3.05, 3.63) is 11.8 Å². The van der Waals surface area contributed by atoms with Gasteiger partial charge in [-0.15, -0.1) is 0 Å². The topological polar surface area (TPSA) is 128 Å². The normalized spacial score (nSPS) is 19.5. The van der Waals surface area contributed by atoms with E-state index in [4.69, 9.17) is 10.4 Å². The van der Waals surface area contributed by atoms with Crippen molar-refractivity contribution in [2.45, 2.75) is 38.1 Å². The zero-order valence-electron chi connectivity index (χ0n) is 13.7. The molecule has 1 atom stereocenters. The Kier molecular flexibility index (Phi) is 7.71. The molecule has 2 N–H and O–H groups in total. The number of nitriles is 1. The highest BCUT2D eigenvalue weighted by Gasteiger charge is 2.30. The number of nitrogens with zero attached hydrogens (tertiary/aromatic N) is 2. The molecule has 9 heteroatoms. The quantitative estimate of drug-likeness (QED) is 0.344. The zero-order chi connectivity index (χ0) is 18.2. The molecule has 1 aliphatic rings. The number of carbonyl (C=O) groups excluding carboxylic acids is 1. The first kappa shape index (κ1) is 20.0. The Labute approximate surface area is 142 Å². The largest absolute Gasteiger partial charge is 0.481 e. The minimum absolute atomic E-state index is 0.0317. The van der Waals surface area contributed by atoms with E-state index in [0.29, 0.717) is 32.2 Å². The summed E-state index contributed by atoms with van der Waals surface area (Å²) in [6, 6.07) is 1.60. The van der Waals surface area contributed by atoms with Crippen LogP contribution in [0.5, 0.6) is 0 Å². The van der Waals surface area contributed by atoms with E-state index in [0.717, 1.165) is 0 Å². The summed E-state index contributed by atoms with van der Waals surface area (Å²) < 4.78 is 23.0. The van der Waals surface area contributed by atoms with Crippen LogP contribution >= 0.6 is 0 Å². The third-order valence-electron chi connectivity index (χ3n) is 3.84. The summed E-state index contributed by atoms with van der Waals surface area (Å²) in [5, 5.41) is 20.2. The first-order valence-electron chi connectivity index (χ1n) is 7.79. The third kappa shape index (κ3) is 7.00. The van der Waals surface area contributed by atoms with E-state index >= 15 is 0 Å². The Morgan fingerprint density at radius 3 is 2.62 bits per heavy atom. The Morgan fingerprint density at radius 2 is 2.08 bits per heavy atom. The van der Waals surface area contributed by atoms with Crippen LogP contribution in [0, 0.1) is 11.3 Å². The second-order valence-corrected chi connectivity index (χ2v) is 8.07. The lowest BCUT2D eigenvalue weighted by atomic mass is 10.2. The van der Waals surface area contributed by atoms with Crippen molar-refractivity contribution in [2.24, 2.45) is 0 Å². The van der Waals surface area contributed by atoms with Gasteiger partial charge in [0.1, 0.15) is 11.6 Å². The van der Waals surface area contributed by atoms with Crippen molar-refractivity contribution in [1.29, 1.82) is 5.26 Å². The number of hydrogen-bond donors (Lipinski definition) is 2. The number of rotatable bonds is 9. The van der Waals surface area contributed by atoms with Crippen LogP contribution in [-0.2, 0) is 19.4 Å². The summed E-state index contributed by atoms with van der Waals surface area (Å²) in [4.78, 5) is 23.9. The summed E-state index contributed by atoms with van der Waals surface area (Å²) in [5.41, 5.74) is -0.0765. The van der Waals surface area contributed by atoms with Crippen molar-refractivity contribution >= 4 is 21.7 Å². The lowest BCUT2D eigenvalue weighted by molar-refractivity contribution is -0.137. The Balaban J connectivity index is 2.43. The Morgan fingerprint density at radius 1 is 1.38 bits per heavy atom. The number of carbonyl (C=O) groups is 2. The number of sulfone groups is 1. The van der Waals surface area contributed by atoms with Gasteiger partial charge in [0.2, 0.25) is 0 Å². The molecule has 1 fully saturated rings. The van der Waals surface area contributed by atoms with Gasteiger partial charge < -0.3 is 15.3 Å². The van der Waals surface area contributed by atoms with Gasteiger partial charge >= 0.3 is 5.97 Å². The number of carboxylic acid groups (broad SMARTS) is 1. The molecule has 1 saturated heterocycles. The SMILES string of the molecule is CN(/C=C(/C#N)C(=O)NCCCCCC(=O)O)C1CCS(=O)(=O)C1. The summed E-state index contributed by atoms with van der Waals surface area (Å²) in [7, 11) is -1.37. The molecule has 1 amide bonds. The van der Waals surface area contributed by atoms with E-state index in [9.17, 15) is 18.0 Å². The van der Waals surface area contributed by atoms with Crippen molar-refractivity contribution < 1.29 is 23.1 Å². The molecule has 1 heterocycles. The predicted octanol–water partition coefficient (Wildman–Crippen LogP) is 0.274. The maximum Gasteiger partial charge on any atom is 0.303 e. The van der Waals surface area contributed by atoms with Crippen LogP contribution in [0.2, 0.25) is 0 Å². The second kappa shape index (κ2) is 9.27. The third-order valence-corrected chi connectivity index (χ3v) is 5.59. The average Bonchev–Trinajstić information content (AvgIpc) is 2.87. The summed E-state index contributed by atoms with van der Waals surface area (Å²) >= 11 is 0. The minimum atomic E-state index is -3.03. The van der Waals surface area contributed by atoms with Crippen molar-refractivity contribution in [2.75, 3.05) is 25.1 Å². The lowest BCUT2D eigenvalue weighted by Gasteiger charge is -2.21. The van der Waals surface area contributed by atoms with Crippen LogP contribution in [0.1, 0.15) is 32.1 Å². The van der Waals surface area contributed by atoms with Crippen LogP contribution in [0.3, 0.4) is 0 Å². The Hall–Kier alpha value is -2.08. The first-order chi connectivity index (χ1) is 11.2. The van der Waals surface area contributed by atoms with Crippen LogP contribution < -0.4 is 5.32 Å². The van der Waals surface area contributed by atoms with Gasteiger partial charge in [-0.2, -0.15) is 5.26 Å². The van der Waals surface area contributed by atoms with Crippen molar-refractivity contribution in [1.82, 2.24) is 10.2 Å². The summed E-state index contributed by atoms with van der Waals surface area (Å²) in [6.07, 6.45) is 3.83. The van der Waals surface area contributed by atoms with E-state index in [1.165, 1.54) is 6.20 Å². The molecule has 0 radical (unpaired) electrons. The lowest BCUT2D eigenvalue weighted by Crippen LogP contribution is -2.31. The smallest absolute Gasteiger partial charge is 0.303 e. The standard InChI is InChI=1S/C15H23N3O5S/c1-18(13-6-8-24(22,23)11-13)10-12(9-16)15(21)17-7-4-2-3-5-14(19)20/h10,13H,2-8,11H2,1H3,(H,17,21)(H,19,20)/b12-10-. The molecule has 0 aromatic rings. The monoisotopic (exact) mass is 357 g/mol. The van der Waals surface area contributed by atoms with E-state index < -0.39 is 21.7 Å². The average molecular weight is 357 g/mol. The van der Waals surface area contributed by atoms with Crippen LogP contribution in [0.15, 0.2) is 11.8 Å². The van der Waals surface area contributed by atoms with Gasteiger partial charge in [0, 0.05) is 32.3 Å². The van der Waals surface area contributed by atoms with Gasteiger partial charge in [0.05, 0.1) is 11.5 Å². The molecule has 24 heavy (non-hydrogen) atoms. The predicted molar refractivity (Wildman–Crippen MR) is 87.6 cm³/mol. The summed E-state index contributed by atoms with van der Waals surface area (Å²) in [6.45, 7) is 0.360. The number of nitrogens with one attached hydrogen (secondary N) is 1. The molecule has 134 valence electrons. The zero-order valence-corrected chi connectivity index (χ0v) is 14.5. The van der Waals surface area contributed by atoms with E-state index in [-0.39, 0.29) is 29.5 Å². The fraction of sp³-hybridized carbons (Fsp3) is 0.667. The molecule has 1 unspecified atom stereocenters. The fourth-order valence-electron chi connectivity index (χ4n) is 2.42. The highest BCUT2D eigenvalue weighted by molar-refractivity contribution is 7.91. The van der Waals surface area contributed by atoms with Crippen LogP contribution in [-0.4, -0.2) is 61.4 Å². The van der Waals surface area contributed by atoms with Crippen molar-refractivity contribution in [3.63, 3.8) is 0 Å². The first-order valence-corrected chi connectivity index (χ1v) is 9.61. The van der Waals surface area contributed by atoms with Crippen molar-refractivity contribution in [3.8, 4) is 6.07 Å². The number of unbranched alkanes of at least 4 members (excludes halogenated alkanes) is 2. The number of aliphatic carboxylic acids is 1.